The van der Waals surface area contributed by atoms with Crippen molar-refractivity contribution >= 4 is 28.5 Å². The molecule has 1 aliphatic heterocycles. The number of nitrogens with one attached hydrogen (secondary N) is 1. The average molecular weight is 561 g/mol. The summed E-state index contributed by atoms with van der Waals surface area (Å²) in [4.78, 5) is 39.8. The first-order valence-electron chi connectivity index (χ1n) is 12.8. The molecule has 2 aromatic carbocycles. The van der Waals surface area contributed by atoms with Crippen molar-refractivity contribution in [2.75, 3.05) is 52.2 Å². The van der Waals surface area contributed by atoms with E-state index in [0.29, 0.717) is 25.7 Å². The molecule has 12 heteroatoms. The van der Waals surface area contributed by atoms with Crippen LogP contribution >= 0.6 is 0 Å². The predicted octanol–water partition coefficient (Wildman–Crippen LogP) is 1.58. The zero-order valence-electron chi connectivity index (χ0n) is 22.7. The van der Waals surface area contributed by atoms with E-state index in [4.69, 9.17) is 4.74 Å². The Morgan fingerprint density at radius 3 is 2.45 bits per heavy atom. The molecule has 2 heterocycles. The van der Waals surface area contributed by atoms with Gasteiger partial charge in [-0.3, -0.25) is 4.79 Å². The topological polar surface area (TPSA) is 104 Å². The van der Waals surface area contributed by atoms with Gasteiger partial charge in [0, 0.05) is 55.7 Å². The SMILES string of the molecule is CC1CN(c2cc3c(cc2F)c(=O)c(C(=O)OC(CC(=O)[O-])C[N+](C)(C)C)cn3-c2ccc(F)cc2F)CCN1. The number of aromatic nitrogens is 1. The molecule has 0 bridgehead atoms. The van der Waals surface area contributed by atoms with Crippen LogP contribution in [0.3, 0.4) is 0 Å². The van der Waals surface area contributed by atoms with Crippen molar-refractivity contribution in [1.82, 2.24) is 9.88 Å². The van der Waals surface area contributed by atoms with Crippen molar-refractivity contribution in [2.45, 2.75) is 25.5 Å². The number of pyridine rings is 1. The van der Waals surface area contributed by atoms with Gasteiger partial charge in [-0.05, 0) is 31.2 Å². The normalized spacial score (nSPS) is 16.7. The summed E-state index contributed by atoms with van der Waals surface area (Å²) in [5, 5.41) is 14.3. The Morgan fingerprint density at radius 2 is 1.82 bits per heavy atom. The van der Waals surface area contributed by atoms with Gasteiger partial charge in [0.1, 0.15) is 29.6 Å². The number of hydrogen-bond donors (Lipinski definition) is 1. The first-order valence-corrected chi connectivity index (χ1v) is 12.8. The average Bonchev–Trinajstić information content (AvgIpc) is 2.83. The summed E-state index contributed by atoms with van der Waals surface area (Å²) >= 11 is 0. The van der Waals surface area contributed by atoms with E-state index in [2.05, 4.69) is 5.32 Å². The molecule has 1 fully saturated rings. The first-order chi connectivity index (χ1) is 18.7. The number of aliphatic carboxylic acids is 1. The minimum absolute atomic E-state index is 0.0680. The van der Waals surface area contributed by atoms with Crippen molar-refractivity contribution in [3.63, 3.8) is 0 Å². The van der Waals surface area contributed by atoms with Gasteiger partial charge in [0.05, 0.1) is 38.0 Å². The van der Waals surface area contributed by atoms with E-state index in [1.807, 2.05) is 6.92 Å². The van der Waals surface area contributed by atoms with Crippen LogP contribution in [0.1, 0.15) is 23.7 Å². The molecule has 1 saturated heterocycles. The number of rotatable bonds is 8. The third-order valence-electron chi connectivity index (χ3n) is 6.59. The minimum atomic E-state index is -1.45. The van der Waals surface area contributed by atoms with Gasteiger partial charge < -0.3 is 33.9 Å². The summed E-state index contributed by atoms with van der Waals surface area (Å²) in [7, 11) is 5.28. The number of esters is 1. The Labute approximate surface area is 229 Å². The van der Waals surface area contributed by atoms with Gasteiger partial charge in [-0.25, -0.2) is 18.0 Å². The third-order valence-corrected chi connectivity index (χ3v) is 6.59. The molecule has 40 heavy (non-hydrogen) atoms. The monoisotopic (exact) mass is 560 g/mol. The Kier molecular flexibility index (Phi) is 8.22. The van der Waals surface area contributed by atoms with E-state index in [-0.39, 0.29) is 39.3 Å². The number of piperazine rings is 1. The van der Waals surface area contributed by atoms with E-state index in [9.17, 15) is 23.9 Å². The highest BCUT2D eigenvalue weighted by atomic mass is 19.1. The number of benzene rings is 2. The number of carbonyl (C=O) groups excluding carboxylic acids is 2. The number of quaternary nitrogens is 1. The summed E-state index contributed by atoms with van der Waals surface area (Å²) in [6, 6.07) is 5.25. The lowest BCUT2D eigenvalue weighted by molar-refractivity contribution is -0.873. The molecule has 2 unspecified atom stereocenters. The quantitative estimate of drug-likeness (QED) is 0.330. The molecule has 0 radical (unpaired) electrons. The maximum Gasteiger partial charge on any atom is 0.344 e. The zero-order chi connectivity index (χ0) is 29.4. The van der Waals surface area contributed by atoms with Gasteiger partial charge >= 0.3 is 5.97 Å². The van der Waals surface area contributed by atoms with Crippen molar-refractivity contribution in [3.05, 3.63) is 69.8 Å². The van der Waals surface area contributed by atoms with Crippen LogP contribution in [0.4, 0.5) is 18.9 Å². The lowest BCUT2D eigenvalue weighted by Gasteiger charge is -2.34. The van der Waals surface area contributed by atoms with Gasteiger partial charge in [-0.15, -0.1) is 0 Å². The summed E-state index contributed by atoms with van der Waals surface area (Å²) in [6.45, 7) is 3.60. The predicted molar refractivity (Wildman–Crippen MR) is 141 cm³/mol. The summed E-state index contributed by atoms with van der Waals surface area (Å²) in [5.41, 5.74) is -1.36. The Balaban J connectivity index is 1.89. The highest BCUT2D eigenvalue weighted by Gasteiger charge is 2.27. The second-order valence-corrected chi connectivity index (χ2v) is 11.0. The fourth-order valence-corrected chi connectivity index (χ4v) is 4.90. The Bertz CT molecular complexity index is 1520. The third kappa shape index (κ3) is 6.45. The highest BCUT2D eigenvalue weighted by Crippen LogP contribution is 2.29. The number of anilines is 1. The first kappa shape index (κ1) is 29.1. The van der Waals surface area contributed by atoms with Crippen LogP contribution in [0.5, 0.6) is 0 Å². The molecular weight excluding hydrogens is 529 g/mol. The smallest absolute Gasteiger partial charge is 0.344 e. The van der Waals surface area contributed by atoms with E-state index in [1.54, 1.807) is 26.0 Å². The molecule has 9 nitrogen and oxygen atoms in total. The largest absolute Gasteiger partial charge is 0.550 e. The number of hydrogen-bond acceptors (Lipinski definition) is 7. The number of ether oxygens (including phenoxy) is 1. The van der Waals surface area contributed by atoms with Crippen LogP contribution in [-0.2, 0) is 9.53 Å². The van der Waals surface area contributed by atoms with Crippen molar-refractivity contribution in [2.24, 2.45) is 0 Å². The van der Waals surface area contributed by atoms with Crippen molar-refractivity contribution in [1.29, 1.82) is 0 Å². The summed E-state index contributed by atoms with van der Waals surface area (Å²) in [5.74, 6) is -5.14. The number of likely N-dealkylation sites (N-methyl/N-ethyl adjacent to an activating group) is 1. The molecule has 4 rings (SSSR count). The fraction of sp³-hybridized carbons (Fsp3) is 0.393. The molecule has 1 aromatic heterocycles. The second kappa shape index (κ2) is 11.3. The second-order valence-electron chi connectivity index (χ2n) is 11.0. The highest BCUT2D eigenvalue weighted by molar-refractivity contribution is 5.95. The maximum atomic E-state index is 15.4. The Morgan fingerprint density at radius 1 is 1.12 bits per heavy atom. The lowest BCUT2D eigenvalue weighted by atomic mass is 10.1. The number of carboxylic acids is 1. The molecule has 0 aliphatic carbocycles. The van der Waals surface area contributed by atoms with Crippen LogP contribution in [0.2, 0.25) is 0 Å². The fourth-order valence-electron chi connectivity index (χ4n) is 4.90. The molecule has 3 aromatic rings. The number of carbonyl (C=O) groups is 2. The molecule has 1 N–H and O–H groups in total. The number of nitrogens with zero attached hydrogens (tertiary/aromatic N) is 3. The molecule has 1 aliphatic rings. The number of fused-ring (bicyclic) bond motifs is 1. The van der Waals surface area contributed by atoms with E-state index >= 15 is 8.78 Å². The number of carboxylic acid groups (broad SMARTS) is 1. The van der Waals surface area contributed by atoms with E-state index in [0.717, 1.165) is 24.4 Å². The lowest BCUT2D eigenvalue weighted by Crippen LogP contribution is -2.49. The van der Waals surface area contributed by atoms with Crippen LogP contribution in [0, 0.1) is 17.5 Å². The van der Waals surface area contributed by atoms with Crippen LogP contribution in [0.25, 0.3) is 16.6 Å². The van der Waals surface area contributed by atoms with Crippen molar-refractivity contribution < 1.29 is 37.1 Å². The maximum absolute atomic E-state index is 15.4. The van der Waals surface area contributed by atoms with Crippen molar-refractivity contribution in [3.8, 4) is 5.69 Å². The standard InChI is InChI=1S/C28H31F3N4O5/c1-16-13-33(8-7-32-16)25-12-24-19(11-22(25)31)27(38)20(14-34(24)23-6-5-17(29)9-21(23)30)28(39)40-18(10-26(36)37)15-35(2,3)4/h5-6,9,11-12,14,16,18,32H,7-8,10,13,15H2,1-4H3. The molecule has 0 saturated carbocycles. The molecule has 2 atom stereocenters. The summed E-state index contributed by atoms with van der Waals surface area (Å²) < 4.78 is 51.0. The molecule has 0 spiro atoms. The van der Waals surface area contributed by atoms with Gasteiger partial charge in [0.25, 0.3) is 0 Å². The van der Waals surface area contributed by atoms with Crippen LogP contribution in [-0.4, -0.2) is 80.5 Å². The number of halogens is 3. The van der Waals surface area contributed by atoms with Crippen LogP contribution < -0.4 is 20.8 Å². The minimum Gasteiger partial charge on any atom is -0.550 e. The molecular formula is C28H31F3N4O5. The van der Waals surface area contributed by atoms with E-state index < -0.39 is 52.9 Å². The van der Waals surface area contributed by atoms with Gasteiger partial charge in [0.15, 0.2) is 6.10 Å². The molecule has 0 amide bonds. The van der Waals surface area contributed by atoms with Gasteiger partial charge in [-0.2, -0.15) is 0 Å². The van der Waals surface area contributed by atoms with Gasteiger partial charge in [0.2, 0.25) is 5.43 Å². The summed E-state index contributed by atoms with van der Waals surface area (Å²) in [6.07, 6.45) is -0.707. The van der Waals surface area contributed by atoms with E-state index in [1.165, 1.54) is 10.6 Å². The van der Waals surface area contributed by atoms with Gasteiger partial charge in [-0.1, -0.05) is 0 Å². The molecule has 214 valence electrons. The zero-order valence-corrected chi connectivity index (χ0v) is 22.7. The van der Waals surface area contributed by atoms with Crippen LogP contribution in [0.15, 0.2) is 41.3 Å². The Hall–Kier alpha value is -3.90.